The number of carbonyl (C=O) groups excluding carboxylic acids is 1. The number of benzene rings is 2. The van der Waals surface area contributed by atoms with Gasteiger partial charge in [0, 0.05) is 19.3 Å². The third-order valence-corrected chi connectivity index (χ3v) is 5.46. The van der Waals surface area contributed by atoms with Gasteiger partial charge in [-0.05, 0) is 62.3 Å². The van der Waals surface area contributed by atoms with Gasteiger partial charge >= 0.3 is 0 Å². The lowest BCUT2D eigenvalue weighted by Gasteiger charge is -2.27. The first-order chi connectivity index (χ1) is 14.0. The van der Waals surface area contributed by atoms with Crippen molar-refractivity contribution in [2.45, 2.75) is 51.8 Å². The number of amides is 1. The minimum atomic E-state index is -0.459. The minimum absolute atomic E-state index is 0. The average Bonchev–Trinajstić information content (AvgIpc) is 2.74. The number of rotatable bonds is 8. The van der Waals surface area contributed by atoms with Gasteiger partial charge in [-0.1, -0.05) is 42.0 Å². The summed E-state index contributed by atoms with van der Waals surface area (Å²) >= 11 is 0. The molecule has 2 unspecified atom stereocenters. The number of nitrogens with one attached hydrogen (secondary N) is 1. The van der Waals surface area contributed by atoms with Gasteiger partial charge in [-0.2, -0.15) is 0 Å². The minimum Gasteiger partial charge on any atom is -0.489 e. The van der Waals surface area contributed by atoms with Gasteiger partial charge in [-0.3, -0.25) is 4.79 Å². The Morgan fingerprint density at radius 1 is 1.10 bits per heavy atom. The fourth-order valence-corrected chi connectivity index (χ4v) is 3.61. The molecule has 6 heteroatoms. The molecule has 30 heavy (non-hydrogen) atoms. The van der Waals surface area contributed by atoms with Gasteiger partial charge in [0.2, 0.25) is 5.91 Å². The molecule has 0 spiro atoms. The normalized spacial score (nSPS) is 16.2. The fraction of sp³-hybridized carbons (Fsp3) is 0.458. The first kappa shape index (κ1) is 24.2. The van der Waals surface area contributed by atoms with Crippen LogP contribution in [0.5, 0.6) is 5.75 Å². The number of nitrogens with two attached hydrogens (primary N) is 1. The standard InChI is InChI=1S/C24H32N2O3.ClH/c1-17-3-5-20(6-4-17)16-29-22-9-7-19(8-10-22)15-18(2)26-24(27)23(25)21-11-13-28-14-12-21;/h3-10,18,21,23H,11-16,25H2,1-2H3,(H,26,27);1H. The second-order valence-corrected chi connectivity index (χ2v) is 8.01. The van der Waals surface area contributed by atoms with E-state index in [0.29, 0.717) is 19.8 Å². The first-order valence-corrected chi connectivity index (χ1v) is 10.4. The smallest absolute Gasteiger partial charge is 0.237 e. The summed E-state index contributed by atoms with van der Waals surface area (Å²) in [7, 11) is 0. The average molecular weight is 433 g/mol. The van der Waals surface area contributed by atoms with Crippen molar-refractivity contribution in [2.75, 3.05) is 13.2 Å². The largest absolute Gasteiger partial charge is 0.489 e. The molecule has 5 nitrogen and oxygen atoms in total. The van der Waals surface area contributed by atoms with Crippen molar-refractivity contribution in [3.8, 4) is 5.75 Å². The molecular weight excluding hydrogens is 400 g/mol. The van der Waals surface area contributed by atoms with E-state index in [0.717, 1.165) is 36.1 Å². The maximum absolute atomic E-state index is 12.4. The van der Waals surface area contributed by atoms with E-state index in [2.05, 4.69) is 36.5 Å². The molecule has 3 N–H and O–H groups in total. The van der Waals surface area contributed by atoms with E-state index in [1.54, 1.807) is 0 Å². The number of carbonyl (C=O) groups is 1. The maximum Gasteiger partial charge on any atom is 0.237 e. The third-order valence-electron chi connectivity index (χ3n) is 5.46. The zero-order chi connectivity index (χ0) is 20.6. The van der Waals surface area contributed by atoms with Crippen LogP contribution in [0.15, 0.2) is 48.5 Å². The molecular formula is C24H33ClN2O3. The van der Waals surface area contributed by atoms with Crippen LogP contribution < -0.4 is 15.8 Å². The van der Waals surface area contributed by atoms with E-state index in [1.165, 1.54) is 5.56 Å². The zero-order valence-corrected chi connectivity index (χ0v) is 18.6. The molecule has 164 valence electrons. The molecule has 1 amide bonds. The first-order valence-electron chi connectivity index (χ1n) is 10.4. The molecule has 3 rings (SSSR count). The Kier molecular flexibility index (Phi) is 9.63. The van der Waals surface area contributed by atoms with Crippen LogP contribution in [0.1, 0.15) is 36.5 Å². The van der Waals surface area contributed by atoms with Crippen LogP contribution >= 0.6 is 12.4 Å². The van der Waals surface area contributed by atoms with Gasteiger partial charge < -0.3 is 20.5 Å². The second-order valence-electron chi connectivity index (χ2n) is 8.01. The Hall–Kier alpha value is -2.08. The molecule has 0 radical (unpaired) electrons. The Morgan fingerprint density at radius 3 is 2.33 bits per heavy atom. The van der Waals surface area contributed by atoms with E-state index in [9.17, 15) is 4.79 Å². The van der Waals surface area contributed by atoms with Crippen molar-refractivity contribution in [2.24, 2.45) is 11.7 Å². The Bertz CT molecular complexity index is 774. The zero-order valence-electron chi connectivity index (χ0n) is 17.8. The Labute approximate surface area is 185 Å². The lowest BCUT2D eigenvalue weighted by Crippen LogP contribution is -2.49. The molecule has 1 heterocycles. The molecule has 1 aliphatic rings. The number of hydrogen-bond acceptors (Lipinski definition) is 4. The SMILES string of the molecule is Cc1ccc(COc2ccc(CC(C)NC(=O)C(N)C3CCOCC3)cc2)cc1.Cl. The van der Waals surface area contributed by atoms with Crippen molar-refractivity contribution in [3.63, 3.8) is 0 Å². The van der Waals surface area contributed by atoms with Crippen molar-refractivity contribution in [1.82, 2.24) is 5.32 Å². The van der Waals surface area contributed by atoms with Crippen molar-refractivity contribution < 1.29 is 14.3 Å². The topological polar surface area (TPSA) is 73.6 Å². The second kappa shape index (κ2) is 11.9. The van der Waals surface area contributed by atoms with E-state index < -0.39 is 6.04 Å². The summed E-state index contributed by atoms with van der Waals surface area (Å²) in [5.41, 5.74) is 9.71. The molecule has 2 atom stereocenters. The summed E-state index contributed by atoms with van der Waals surface area (Å²) in [5.74, 6) is 0.982. The molecule has 1 aliphatic heterocycles. The van der Waals surface area contributed by atoms with E-state index in [1.807, 2.05) is 31.2 Å². The predicted molar refractivity (Wildman–Crippen MR) is 122 cm³/mol. The van der Waals surface area contributed by atoms with Crippen LogP contribution in [0.2, 0.25) is 0 Å². The van der Waals surface area contributed by atoms with Crippen LogP contribution in [-0.4, -0.2) is 31.2 Å². The predicted octanol–water partition coefficient (Wildman–Crippen LogP) is 3.80. The lowest BCUT2D eigenvalue weighted by molar-refractivity contribution is -0.124. The van der Waals surface area contributed by atoms with Gasteiger partial charge in [0.15, 0.2) is 0 Å². The summed E-state index contributed by atoms with van der Waals surface area (Å²) < 4.78 is 11.2. The van der Waals surface area contributed by atoms with Crippen LogP contribution in [0.25, 0.3) is 0 Å². The van der Waals surface area contributed by atoms with Crippen LogP contribution in [0, 0.1) is 12.8 Å². The lowest BCUT2D eigenvalue weighted by atomic mass is 9.91. The van der Waals surface area contributed by atoms with Gasteiger partial charge in [0.05, 0.1) is 6.04 Å². The highest BCUT2D eigenvalue weighted by molar-refractivity contribution is 5.85. The summed E-state index contributed by atoms with van der Waals surface area (Å²) in [4.78, 5) is 12.4. The summed E-state index contributed by atoms with van der Waals surface area (Å²) in [6.45, 7) is 6.02. The Morgan fingerprint density at radius 2 is 1.70 bits per heavy atom. The monoisotopic (exact) mass is 432 g/mol. The molecule has 0 bridgehead atoms. The fourth-order valence-electron chi connectivity index (χ4n) is 3.61. The van der Waals surface area contributed by atoms with Gasteiger partial charge in [0.25, 0.3) is 0 Å². The van der Waals surface area contributed by atoms with Crippen molar-refractivity contribution in [3.05, 3.63) is 65.2 Å². The molecule has 2 aromatic rings. The Balaban J connectivity index is 0.00000320. The van der Waals surface area contributed by atoms with Crippen molar-refractivity contribution >= 4 is 18.3 Å². The van der Waals surface area contributed by atoms with E-state index in [4.69, 9.17) is 15.2 Å². The van der Waals surface area contributed by atoms with Gasteiger partial charge in [-0.15, -0.1) is 12.4 Å². The quantitative estimate of drug-likeness (QED) is 0.665. The van der Waals surface area contributed by atoms with Gasteiger partial charge in [0.1, 0.15) is 12.4 Å². The number of hydrogen-bond donors (Lipinski definition) is 2. The molecule has 0 aliphatic carbocycles. The molecule has 1 fully saturated rings. The van der Waals surface area contributed by atoms with Crippen LogP contribution in [0.4, 0.5) is 0 Å². The molecule has 0 saturated carbocycles. The summed E-state index contributed by atoms with van der Waals surface area (Å²) in [5, 5.41) is 3.06. The highest BCUT2D eigenvalue weighted by atomic mass is 35.5. The highest BCUT2D eigenvalue weighted by Crippen LogP contribution is 2.18. The van der Waals surface area contributed by atoms with Crippen LogP contribution in [0.3, 0.4) is 0 Å². The number of halogens is 1. The van der Waals surface area contributed by atoms with Crippen molar-refractivity contribution in [1.29, 1.82) is 0 Å². The molecule has 0 aromatic heterocycles. The third kappa shape index (κ3) is 7.31. The van der Waals surface area contributed by atoms with Gasteiger partial charge in [-0.25, -0.2) is 0 Å². The van der Waals surface area contributed by atoms with Crippen LogP contribution in [-0.2, 0) is 22.6 Å². The van der Waals surface area contributed by atoms with E-state index in [-0.39, 0.29) is 30.3 Å². The van der Waals surface area contributed by atoms with E-state index >= 15 is 0 Å². The summed E-state index contributed by atoms with van der Waals surface area (Å²) in [6.07, 6.45) is 2.46. The molecule has 2 aromatic carbocycles. The highest BCUT2D eigenvalue weighted by Gasteiger charge is 2.27. The summed E-state index contributed by atoms with van der Waals surface area (Å²) in [6, 6.07) is 16.0. The molecule has 1 saturated heterocycles. The number of aryl methyl sites for hydroxylation is 1. The number of ether oxygens (including phenoxy) is 2. The maximum atomic E-state index is 12.4.